The minimum Gasteiger partial charge on any atom is -0.344 e. The molecular formula is C11H20N4. The lowest BCUT2D eigenvalue weighted by molar-refractivity contribution is 0.451. The molecule has 0 unspecified atom stereocenters. The number of nitrogens with one attached hydrogen (secondary N) is 1. The molecule has 15 heavy (non-hydrogen) atoms. The van der Waals surface area contributed by atoms with E-state index >= 15 is 0 Å². The van der Waals surface area contributed by atoms with E-state index in [1.54, 1.807) is 0 Å². The van der Waals surface area contributed by atoms with Gasteiger partial charge in [-0.3, -0.25) is 9.97 Å². The first-order chi connectivity index (χ1) is 6.77. The van der Waals surface area contributed by atoms with Gasteiger partial charge in [0.1, 0.15) is 0 Å². The third-order valence-electron chi connectivity index (χ3n) is 2.97. The maximum atomic E-state index is 4.61. The number of hydrogen-bond donors (Lipinski definition) is 2. The number of rotatable bonds is 1. The monoisotopic (exact) mass is 208 g/mol. The second-order valence-corrected chi connectivity index (χ2v) is 3.99. The molecule has 1 aromatic rings. The minimum atomic E-state index is 0. The Morgan fingerprint density at radius 2 is 1.87 bits per heavy atom. The Morgan fingerprint density at radius 1 is 1.20 bits per heavy atom. The third kappa shape index (κ3) is 2.73. The molecule has 2 rings (SSSR count). The van der Waals surface area contributed by atoms with Crippen molar-refractivity contribution in [2.75, 3.05) is 13.1 Å². The zero-order chi connectivity index (χ0) is 9.97. The van der Waals surface area contributed by atoms with E-state index in [0.29, 0.717) is 5.92 Å². The molecule has 0 atom stereocenters. The average molecular weight is 208 g/mol. The molecule has 0 spiro atoms. The van der Waals surface area contributed by atoms with Gasteiger partial charge < -0.3 is 11.5 Å². The van der Waals surface area contributed by atoms with Gasteiger partial charge in [0.25, 0.3) is 0 Å². The van der Waals surface area contributed by atoms with Crippen molar-refractivity contribution in [3.8, 4) is 0 Å². The van der Waals surface area contributed by atoms with Crippen molar-refractivity contribution < 1.29 is 0 Å². The molecule has 2 heterocycles. The molecule has 0 radical (unpaired) electrons. The molecule has 4 heteroatoms. The zero-order valence-electron chi connectivity index (χ0n) is 9.58. The standard InChI is InChI=1S/C11H17N3.H3N/c1-8-9(2)14-11(7-13-8)10-3-5-12-6-4-10;/h7,10,12H,3-6H2,1-2H3;1H3. The predicted molar refractivity (Wildman–Crippen MR) is 61.4 cm³/mol. The van der Waals surface area contributed by atoms with Crippen LogP contribution in [0.5, 0.6) is 0 Å². The molecule has 0 amide bonds. The lowest BCUT2D eigenvalue weighted by Gasteiger charge is -2.22. The number of nitrogens with zero attached hydrogens (tertiary/aromatic N) is 2. The van der Waals surface area contributed by atoms with Gasteiger partial charge in [-0.2, -0.15) is 0 Å². The molecule has 0 aromatic carbocycles. The van der Waals surface area contributed by atoms with Crippen LogP contribution in [0.25, 0.3) is 0 Å². The fourth-order valence-corrected chi connectivity index (χ4v) is 1.87. The van der Waals surface area contributed by atoms with Gasteiger partial charge in [-0.15, -0.1) is 0 Å². The molecule has 0 bridgehead atoms. The summed E-state index contributed by atoms with van der Waals surface area (Å²) in [7, 11) is 0. The second-order valence-electron chi connectivity index (χ2n) is 3.99. The third-order valence-corrected chi connectivity index (χ3v) is 2.97. The van der Waals surface area contributed by atoms with E-state index in [1.165, 1.54) is 18.5 Å². The maximum Gasteiger partial charge on any atom is 0.0621 e. The van der Waals surface area contributed by atoms with Crippen LogP contribution >= 0.6 is 0 Å². The Balaban J connectivity index is 0.00000112. The molecule has 4 nitrogen and oxygen atoms in total. The van der Waals surface area contributed by atoms with Crippen LogP contribution in [-0.4, -0.2) is 23.1 Å². The normalized spacial score (nSPS) is 17.2. The zero-order valence-corrected chi connectivity index (χ0v) is 9.58. The first kappa shape index (κ1) is 12.1. The molecule has 1 aromatic heterocycles. The summed E-state index contributed by atoms with van der Waals surface area (Å²) in [5.74, 6) is 0.614. The lowest BCUT2D eigenvalue weighted by Crippen LogP contribution is -2.27. The van der Waals surface area contributed by atoms with Crippen LogP contribution in [0, 0.1) is 13.8 Å². The van der Waals surface area contributed by atoms with Crippen LogP contribution in [0.15, 0.2) is 6.20 Å². The summed E-state index contributed by atoms with van der Waals surface area (Å²) in [5.41, 5.74) is 3.29. The summed E-state index contributed by atoms with van der Waals surface area (Å²) in [4.78, 5) is 8.98. The highest BCUT2D eigenvalue weighted by Crippen LogP contribution is 2.23. The molecule has 4 N–H and O–H groups in total. The molecule has 1 fully saturated rings. The van der Waals surface area contributed by atoms with E-state index in [2.05, 4.69) is 15.3 Å². The van der Waals surface area contributed by atoms with E-state index in [9.17, 15) is 0 Å². The number of aryl methyl sites for hydroxylation is 2. The van der Waals surface area contributed by atoms with Gasteiger partial charge in [0.15, 0.2) is 0 Å². The molecule has 1 aliphatic rings. The molecule has 0 saturated carbocycles. The Hall–Kier alpha value is -1.00. The Bertz CT molecular complexity index is 318. The summed E-state index contributed by atoms with van der Waals surface area (Å²) in [6.07, 6.45) is 4.33. The molecular weight excluding hydrogens is 188 g/mol. The van der Waals surface area contributed by atoms with Gasteiger partial charge >= 0.3 is 0 Å². The van der Waals surface area contributed by atoms with Gasteiger partial charge in [-0.25, -0.2) is 0 Å². The largest absolute Gasteiger partial charge is 0.344 e. The van der Waals surface area contributed by atoms with Gasteiger partial charge in [0.2, 0.25) is 0 Å². The van der Waals surface area contributed by atoms with Gasteiger partial charge in [0, 0.05) is 12.1 Å². The van der Waals surface area contributed by atoms with E-state index in [4.69, 9.17) is 0 Å². The van der Waals surface area contributed by atoms with Gasteiger partial charge in [-0.1, -0.05) is 0 Å². The van der Waals surface area contributed by atoms with E-state index in [-0.39, 0.29) is 6.15 Å². The van der Waals surface area contributed by atoms with Gasteiger partial charge in [0.05, 0.1) is 17.1 Å². The first-order valence-electron chi connectivity index (χ1n) is 5.28. The quantitative estimate of drug-likeness (QED) is 0.737. The van der Waals surface area contributed by atoms with Crippen LogP contribution in [0.3, 0.4) is 0 Å². The van der Waals surface area contributed by atoms with Crippen molar-refractivity contribution in [1.29, 1.82) is 0 Å². The Morgan fingerprint density at radius 3 is 2.47 bits per heavy atom. The van der Waals surface area contributed by atoms with E-state index < -0.39 is 0 Å². The van der Waals surface area contributed by atoms with Crippen molar-refractivity contribution >= 4 is 0 Å². The minimum absolute atomic E-state index is 0. The smallest absolute Gasteiger partial charge is 0.0621 e. The van der Waals surface area contributed by atoms with Crippen LogP contribution in [0.2, 0.25) is 0 Å². The Labute approximate surface area is 91.1 Å². The van der Waals surface area contributed by atoms with E-state index in [1.807, 2.05) is 20.0 Å². The van der Waals surface area contributed by atoms with Crippen LogP contribution in [-0.2, 0) is 0 Å². The van der Waals surface area contributed by atoms with Crippen molar-refractivity contribution in [2.24, 2.45) is 0 Å². The second kappa shape index (κ2) is 5.19. The average Bonchev–Trinajstić information content (AvgIpc) is 2.23. The first-order valence-corrected chi connectivity index (χ1v) is 5.28. The van der Waals surface area contributed by atoms with Crippen molar-refractivity contribution in [3.63, 3.8) is 0 Å². The summed E-state index contributed by atoms with van der Waals surface area (Å²) >= 11 is 0. The molecule has 1 aliphatic heterocycles. The number of hydrogen-bond acceptors (Lipinski definition) is 4. The topological polar surface area (TPSA) is 72.8 Å². The van der Waals surface area contributed by atoms with Crippen molar-refractivity contribution in [2.45, 2.75) is 32.6 Å². The highest BCUT2D eigenvalue weighted by atomic mass is 14.9. The number of piperidine rings is 1. The van der Waals surface area contributed by atoms with Crippen LogP contribution in [0.4, 0.5) is 0 Å². The SMILES string of the molecule is Cc1ncc(C2CCNCC2)nc1C.N. The van der Waals surface area contributed by atoms with E-state index in [0.717, 1.165) is 24.5 Å². The summed E-state index contributed by atoms with van der Waals surface area (Å²) < 4.78 is 0. The highest BCUT2D eigenvalue weighted by molar-refractivity contribution is 5.14. The van der Waals surface area contributed by atoms with Crippen LogP contribution in [0.1, 0.15) is 35.8 Å². The fourth-order valence-electron chi connectivity index (χ4n) is 1.87. The lowest BCUT2D eigenvalue weighted by atomic mass is 9.95. The summed E-state index contributed by atoms with van der Waals surface area (Å²) in [5, 5.41) is 3.36. The van der Waals surface area contributed by atoms with Crippen molar-refractivity contribution in [1.82, 2.24) is 21.4 Å². The fraction of sp³-hybridized carbons (Fsp3) is 0.636. The highest BCUT2D eigenvalue weighted by Gasteiger charge is 2.16. The summed E-state index contributed by atoms with van der Waals surface area (Å²) in [6, 6.07) is 0. The maximum absolute atomic E-state index is 4.61. The van der Waals surface area contributed by atoms with Crippen LogP contribution < -0.4 is 11.5 Å². The van der Waals surface area contributed by atoms with Crippen molar-refractivity contribution in [3.05, 3.63) is 23.3 Å². The molecule has 1 saturated heterocycles. The predicted octanol–water partition coefficient (Wildman–Crippen LogP) is 1.72. The summed E-state index contributed by atoms with van der Waals surface area (Å²) in [6.45, 7) is 6.26. The Kier molecular flexibility index (Phi) is 4.17. The number of aromatic nitrogens is 2. The molecule has 0 aliphatic carbocycles. The molecule has 84 valence electrons. The van der Waals surface area contributed by atoms with Gasteiger partial charge in [-0.05, 0) is 39.8 Å².